The van der Waals surface area contributed by atoms with Crippen molar-refractivity contribution in [1.29, 1.82) is 0 Å². The quantitative estimate of drug-likeness (QED) is 0.402. The van der Waals surface area contributed by atoms with Gasteiger partial charge in [-0.15, -0.1) is 0 Å². The number of methoxy groups -OCH3 is 2. The Bertz CT molecular complexity index is 698. The number of hydrogen-bond donors (Lipinski definition) is 1. The normalized spacial score (nSPS) is 44.7. The predicted molar refractivity (Wildman–Crippen MR) is 130 cm³/mol. The average Bonchev–Trinajstić information content (AvgIpc) is 3.17. The highest BCUT2D eigenvalue weighted by Crippen LogP contribution is 2.68. The molecule has 0 heterocycles. The lowest BCUT2D eigenvalue weighted by molar-refractivity contribution is -0.213. The Labute approximate surface area is 206 Å². The van der Waals surface area contributed by atoms with Gasteiger partial charge in [-0.3, -0.25) is 4.79 Å². The number of carbonyl (C=O) groups is 1. The number of rotatable bonds is 10. The van der Waals surface area contributed by atoms with Crippen LogP contribution in [0.2, 0.25) is 0 Å². The van der Waals surface area contributed by atoms with Crippen LogP contribution in [0.15, 0.2) is 0 Å². The molecular formula is C28H48O6. The summed E-state index contributed by atoms with van der Waals surface area (Å²) in [5, 5.41) is 9.23. The summed E-state index contributed by atoms with van der Waals surface area (Å²) < 4.78 is 23.1. The summed E-state index contributed by atoms with van der Waals surface area (Å²) in [4.78, 5) is 11.2. The molecule has 0 aromatic carbocycles. The number of ether oxygens (including phenoxy) is 4. The van der Waals surface area contributed by atoms with Crippen LogP contribution in [-0.2, 0) is 23.7 Å². The van der Waals surface area contributed by atoms with E-state index in [0.717, 1.165) is 25.7 Å². The van der Waals surface area contributed by atoms with E-state index < -0.39 is 5.97 Å². The number of carboxylic acids is 1. The summed E-state index contributed by atoms with van der Waals surface area (Å²) in [5.74, 6) is 2.93. The molecule has 0 amide bonds. The predicted octanol–water partition coefficient (Wildman–Crippen LogP) is 5.73. The second kappa shape index (κ2) is 10.7. The molecule has 1 N–H and O–H groups in total. The van der Waals surface area contributed by atoms with Gasteiger partial charge in [0.2, 0.25) is 0 Å². The van der Waals surface area contributed by atoms with Crippen molar-refractivity contribution in [3.63, 3.8) is 0 Å². The third-order valence-electron chi connectivity index (χ3n) is 11.0. The highest BCUT2D eigenvalue weighted by Gasteiger charge is 2.63. The third-order valence-corrected chi connectivity index (χ3v) is 11.0. The molecular weight excluding hydrogens is 432 g/mol. The highest BCUT2D eigenvalue weighted by molar-refractivity contribution is 5.66. The first kappa shape index (κ1) is 26.4. The van der Waals surface area contributed by atoms with E-state index >= 15 is 0 Å². The third kappa shape index (κ3) is 4.81. The van der Waals surface area contributed by atoms with Gasteiger partial charge < -0.3 is 24.1 Å². The summed E-state index contributed by atoms with van der Waals surface area (Å²) in [7, 11) is 3.42. The van der Waals surface area contributed by atoms with Crippen LogP contribution in [0.3, 0.4) is 0 Å². The minimum atomic E-state index is -0.667. The first-order chi connectivity index (χ1) is 16.2. The van der Waals surface area contributed by atoms with Crippen LogP contribution in [0.5, 0.6) is 0 Å². The van der Waals surface area contributed by atoms with Gasteiger partial charge in [0.1, 0.15) is 13.6 Å². The van der Waals surface area contributed by atoms with Gasteiger partial charge in [0.25, 0.3) is 0 Å². The molecule has 4 saturated carbocycles. The SMILES string of the molecule is COCO[C@@H]1CC[C@@]2(C)[C@@H](C1)C[C@@H](OCOC)[C@@H]1[C@@H]2CC[C@]2(C)[C@@H]([C@H](C)CCC(=O)O)CC[C@@H]12. The average molecular weight is 481 g/mol. The molecule has 0 spiro atoms. The van der Waals surface area contributed by atoms with Gasteiger partial charge in [-0.25, -0.2) is 0 Å². The molecule has 10 atom stereocenters. The van der Waals surface area contributed by atoms with Gasteiger partial charge in [0, 0.05) is 20.6 Å². The van der Waals surface area contributed by atoms with Crippen LogP contribution in [-0.4, -0.2) is 51.1 Å². The Morgan fingerprint density at radius 3 is 2.32 bits per heavy atom. The van der Waals surface area contributed by atoms with Crippen molar-refractivity contribution in [2.24, 2.45) is 46.3 Å². The Morgan fingerprint density at radius 1 is 0.941 bits per heavy atom. The molecule has 6 nitrogen and oxygen atoms in total. The van der Waals surface area contributed by atoms with Gasteiger partial charge in [-0.05, 0) is 104 Å². The molecule has 0 unspecified atom stereocenters. The van der Waals surface area contributed by atoms with Gasteiger partial charge >= 0.3 is 5.97 Å². The van der Waals surface area contributed by atoms with Crippen LogP contribution >= 0.6 is 0 Å². The minimum Gasteiger partial charge on any atom is -0.481 e. The smallest absolute Gasteiger partial charge is 0.303 e. The Kier molecular flexibility index (Phi) is 8.33. The van der Waals surface area contributed by atoms with Crippen molar-refractivity contribution < 1.29 is 28.8 Å². The summed E-state index contributed by atoms with van der Waals surface area (Å²) in [6.45, 7) is 8.14. The lowest BCUT2D eigenvalue weighted by Crippen LogP contribution is -2.59. The standard InChI is InChI=1S/C28H48O6/c1-18(6-9-25(29)30)21-7-8-22-26-23(11-13-28(21,22)3)27(2)12-10-20(33-16-31-4)14-19(27)15-24(26)34-17-32-5/h18-24,26H,6-17H2,1-5H3,(H,29,30)/t18-,19+,20-,21-,22+,23+,24-,26+,27+,28-/m1/s1. The maximum Gasteiger partial charge on any atom is 0.303 e. The molecule has 4 rings (SSSR count). The molecule has 6 heteroatoms. The molecule has 34 heavy (non-hydrogen) atoms. The molecule has 0 aliphatic heterocycles. The van der Waals surface area contributed by atoms with Crippen molar-refractivity contribution in [2.45, 2.75) is 97.2 Å². The van der Waals surface area contributed by atoms with Crippen LogP contribution in [0.1, 0.15) is 85.0 Å². The first-order valence-electron chi connectivity index (χ1n) is 13.7. The molecule has 0 radical (unpaired) electrons. The second-order valence-corrected chi connectivity index (χ2v) is 12.4. The van der Waals surface area contributed by atoms with E-state index in [4.69, 9.17) is 18.9 Å². The maximum atomic E-state index is 11.2. The second-order valence-electron chi connectivity index (χ2n) is 12.4. The van der Waals surface area contributed by atoms with E-state index in [0.29, 0.717) is 54.5 Å². The largest absolute Gasteiger partial charge is 0.481 e. The molecule has 4 aliphatic carbocycles. The number of aliphatic carboxylic acids is 1. The number of hydrogen-bond acceptors (Lipinski definition) is 5. The first-order valence-corrected chi connectivity index (χ1v) is 13.7. The molecule has 0 saturated heterocycles. The van der Waals surface area contributed by atoms with Gasteiger partial charge in [0.05, 0.1) is 12.2 Å². The number of fused-ring (bicyclic) bond motifs is 5. The molecule has 0 aromatic heterocycles. The fraction of sp³-hybridized carbons (Fsp3) is 0.964. The molecule has 0 aromatic rings. The van der Waals surface area contributed by atoms with Crippen molar-refractivity contribution in [2.75, 3.05) is 27.8 Å². The zero-order chi connectivity index (χ0) is 24.5. The van der Waals surface area contributed by atoms with Crippen LogP contribution in [0.25, 0.3) is 0 Å². The fourth-order valence-corrected chi connectivity index (χ4v) is 9.33. The van der Waals surface area contributed by atoms with Crippen LogP contribution in [0, 0.1) is 46.3 Å². The van der Waals surface area contributed by atoms with Crippen molar-refractivity contribution in [1.82, 2.24) is 0 Å². The minimum absolute atomic E-state index is 0.238. The molecule has 4 fully saturated rings. The Balaban J connectivity index is 1.56. The van der Waals surface area contributed by atoms with E-state index in [1.54, 1.807) is 14.2 Å². The summed E-state index contributed by atoms with van der Waals surface area (Å²) >= 11 is 0. The lowest BCUT2D eigenvalue weighted by Gasteiger charge is -2.63. The van der Waals surface area contributed by atoms with Crippen molar-refractivity contribution >= 4 is 5.97 Å². The molecule has 0 bridgehead atoms. The Hall–Kier alpha value is -0.690. The van der Waals surface area contributed by atoms with Crippen molar-refractivity contribution in [3.05, 3.63) is 0 Å². The summed E-state index contributed by atoms with van der Waals surface area (Å²) in [6.07, 6.45) is 11.2. The van der Waals surface area contributed by atoms with Crippen molar-refractivity contribution in [3.8, 4) is 0 Å². The van der Waals surface area contributed by atoms with Gasteiger partial charge in [-0.2, -0.15) is 0 Å². The zero-order valence-corrected chi connectivity index (χ0v) is 22.1. The van der Waals surface area contributed by atoms with Gasteiger partial charge in [-0.1, -0.05) is 20.8 Å². The Morgan fingerprint density at radius 2 is 1.62 bits per heavy atom. The number of carboxylic acid groups (broad SMARTS) is 1. The maximum absolute atomic E-state index is 11.2. The van der Waals surface area contributed by atoms with E-state index in [-0.39, 0.29) is 24.0 Å². The summed E-state index contributed by atoms with van der Waals surface area (Å²) in [5.41, 5.74) is 0.634. The molecule has 196 valence electrons. The van der Waals surface area contributed by atoms with E-state index in [1.165, 1.54) is 32.1 Å². The van der Waals surface area contributed by atoms with Crippen LogP contribution < -0.4 is 0 Å². The summed E-state index contributed by atoms with van der Waals surface area (Å²) in [6, 6.07) is 0. The van der Waals surface area contributed by atoms with Gasteiger partial charge in [0.15, 0.2) is 0 Å². The molecule has 4 aliphatic rings. The van der Waals surface area contributed by atoms with E-state index in [2.05, 4.69) is 20.8 Å². The van der Waals surface area contributed by atoms with Crippen LogP contribution in [0.4, 0.5) is 0 Å². The zero-order valence-electron chi connectivity index (χ0n) is 22.1. The monoisotopic (exact) mass is 480 g/mol. The van der Waals surface area contributed by atoms with E-state index in [1.807, 2.05) is 0 Å². The fourth-order valence-electron chi connectivity index (χ4n) is 9.33. The topological polar surface area (TPSA) is 74.2 Å². The highest BCUT2D eigenvalue weighted by atomic mass is 16.7. The lowest BCUT2D eigenvalue weighted by atomic mass is 9.43. The van der Waals surface area contributed by atoms with E-state index in [9.17, 15) is 9.90 Å².